The number of anilines is 1. The molecular weight excluding hydrogens is 248 g/mol. The summed E-state index contributed by atoms with van der Waals surface area (Å²) >= 11 is 0. The van der Waals surface area contributed by atoms with Gasteiger partial charge in [0.1, 0.15) is 5.75 Å². The minimum atomic E-state index is 0.621. The zero-order valence-electron chi connectivity index (χ0n) is 11.6. The lowest BCUT2D eigenvalue weighted by Gasteiger charge is -2.12. The highest BCUT2D eigenvalue weighted by Crippen LogP contribution is 2.34. The number of hydrogen-bond donors (Lipinski definition) is 1. The second-order valence-corrected chi connectivity index (χ2v) is 4.92. The molecule has 20 heavy (non-hydrogen) atoms. The van der Waals surface area contributed by atoms with Gasteiger partial charge >= 0.3 is 0 Å². The van der Waals surface area contributed by atoms with Crippen LogP contribution in [0.2, 0.25) is 0 Å². The van der Waals surface area contributed by atoms with Gasteiger partial charge in [-0.15, -0.1) is 0 Å². The summed E-state index contributed by atoms with van der Waals surface area (Å²) in [6.07, 6.45) is 1.76. The van der Waals surface area contributed by atoms with E-state index in [1.807, 2.05) is 43.3 Å². The Bertz CT molecular complexity index is 781. The maximum Gasteiger partial charge on any atom is 0.151 e. The fraction of sp³-hybridized carbons (Fsp3) is 0.118. The summed E-state index contributed by atoms with van der Waals surface area (Å²) in [5.74, 6) is 1.49. The molecule has 0 aliphatic rings. The van der Waals surface area contributed by atoms with Gasteiger partial charge in [-0.05, 0) is 49.7 Å². The number of aryl methyl sites for hydroxylation is 2. The molecule has 3 aromatic rings. The molecule has 0 aliphatic heterocycles. The Hall–Kier alpha value is -2.55. The standard InChI is InChI=1S/C17H16N2O/c1-11-5-7-15(12(2)10-11)20-16-8-6-14-13(17(16)18)4-3-9-19-14/h3-10H,18H2,1-2H3. The molecule has 1 heterocycles. The van der Waals surface area contributed by atoms with Crippen LogP contribution >= 0.6 is 0 Å². The first kappa shape index (κ1) is 12.5. The van der Waals surface area contributed by atoms with Crippen molar-refractivity contribution in [1.82, 2.24) is 4.98 Å². The molecule has 0 fully saturated rings. The lowest BCUT2D eigenvalue weighted by molar-refractivity contribution is 0.481. The smallest absolute Gasteiger partial charge is 0.151 e. The molecule has 0 saturated heterocycles. The number of nitrogen functional groups attached to an aromatic ring is 1. The Labute approximate surface area is 118 Å². The topological polar surface area (TPSA) is 48.1 Å². The van der Waals surface area contributed by atoms with Crippen molar-refractivity contribution in [3.8, 4) is 11.5 Å². The first-order valence-corrected chi connectivity index (χ1v) is 6.53. The summed E-state index contributed by atoms with van der Waals surface area (Å²) in [5.41, 5.74) is 9.98. The maximum atomic E-state index is 6.18. The Kier molecular flexibility index (Phi) is 3.03. The number of nitrogens with two attached hydrogens (primary N) is 1. The Morgan fingerprint density at radius 1 is 1.00 bits per heavy atom. The molecule has 0 saturated carbocycles. The van der Waals surface area contributed by atoms with Crippen LogP contribution in [-0.4, -0.2) is 4.98 Å². The van der Waals surface area contributed by atoms with Crippen molar-refractivity contribution in [2.24, 2.45) is 0 Å². The van der Waals surface area contributed by atoms with Crippen LogP contribution in [0.4, 0.5) is 5.69 Å². The fourth-order valence-electron chi connectivity index (χ4n) is 2.28. The summed E-state index contributed by atoms with van der Waals surface area (Å²) in [4.78, 5) is 4.28. The molecule has 0 bridgehead atoms. The monoisotopic (exact) mass is 264 g/mol. The molecule has 0 unspecified atom stereocenters. The van der Waals surface area contributed by atoms with Gasteiger partial charge in [-0.25, -0.2) is 0 Å². The third-order valence-electron chi connectivity index (χ3n) is 3.34. The molecule has 3 heteroatoms. The number of aromatic nitrogens is 1. The van der Waals surface area contributed by atoms with E-state index in [-0.39, 0.29) is 0 Å². The van der Waals surface area contributed by atoms with Crippen molar-refractivity contribution in [2.45, 2.75) is 13.8 Å². The molecule has 0 spiro atoms. The van der Waals surface area contributed by atoms with Gasteiger partial charge in [0.05, 0.1) is 11.2 Å². The van der Waals surface area contributed by atoms with Gasteiger partial charge in [0.2, 0.25) is 0 Å². The summed E-state index contributed by atoms with van der Waals surface area (Å²) in [5, 5.41) is 0.912. The van der Waals surface area contributed by atoms with Crippen LogP contribution in [0.15, 0.2) is 48.7 Å². The highest BCUT2D eigenvalue weighted by atomic mass is 16.5. The van der Waals surface area contributed by atoms with Gasteiger partial charge in [0.15, 0.2) is 5.75 Å². The van der Waals surface area contributed by atoms with E-state index in [1.54, 1.807) is 6.20 Å². The number of rotatable bonds is 2. The van der Waals surface area contributed by atoms with Gasteiger partial charge in [-0.3, -0.25) is 4.98 Å². The quantitative estimate of drug-likeness (QED) is 0.705. The zero-order valence-corrected chi connectivity index (χ0v) is 11.6. The van der Waals surface area contributed by atoms with Gasteiger partial charge in [0, 0.05) is 11.6 Å². The van der Waals surface area contributed by atoms with E-state index in [0.29, 0.717) is 11.4 Å². The van der Waals surface area contributed by atoms with E-state index in [9.17, 15) is 0 Å². The van der Waals surface area contributed by atoms with Gasteiger partial charge < -0.3 is 10.5 Å². The van der Waals surface area contributed by atoms with E-state index in [1.165, 1.54) is 5.56 Å². The van der Waals surface area contributed by atoms with Crippen LogP contribution in [0.1, 0.15) is 11.1 Å². The average Bonchev–Trinajstić information content (AvgIpc) is 2.45. The van der Waals surface area contributed by atoms with Crippen molar-refractivity contribution in [2.75, 3.05) is 5.73 Å². The van der Waals surface area contributed by atoms with E-state index in [2.05, 4.69) is 18.0 Å². The largest absolute Gasteiger partial charge is 0.455 e. The maximum absolute atomic E-state index is 6.18. The van der Waals surface area contributed by atoms with Crippen molar-refractivity contribution >= 4 is 16.6 Å². The molecule has 3 rings (SSSR count). The van der Waals surface area contributed by atoms with E-state index in [4.69, 9.17) is 10.5 Å². The SMILES string of the molecule is Cc1ccc(Oc2ccc3ncccc3c2N)c(C)c1. The predicted octanol–water partition coefficient (Wildman–Crippen LogP) is 4.23. The third-order valence-corrected chi connectivity index (χ3v) is 3.34. The van der Waals surface area contributed by atoms with Crippen molar-refractivity contribution in [1.29, 1.82) is 0 Å². The van der Waals surface area contributed by atoms with E-state index >= 15 is 0 Å². The van der Waals surface area contributed by atoms with Crippen LogP contribution < -0.4 is 10.5 Å². The minimum Gasteiger partial charge on any atom is -0.455 e. The predicted molar refractivity (Wildman–Crippen MR) is 82.1 cm³/mol. The van der Waals surface area contributed by atoms with Crippen LogP contribution in [0.5, 0.6) is 11.5 Å². The first-order valence-electron chi connectivity index (χ1n) is 6.53. The molecule has 0 aliphatic carbocycles. The second-order valence-electron chi connectivity index (χ2n) is 4.92. The van der Waals surface area contributed by atoms with Crippen LogP contribution in [0, 0.1) is 13.8 Å². The van der Waals surface area contributed by atoms with Crippen molar-refractivity contribution < 1.29 is 4.74 Å². The van der Waals surface area contributed by atoms with E-state index < -0.39 is 0 Å². The fourth-order valence-corrected chi connectivity index (χ4v) is 2.28. The molecule has 2 N–H and O–H groups in total. The number of fused-ring (bicyclic) bond motifs is 1. The average molecular weight is 264 g/mol. The summed E-state index contributed by atoms with van der Waals surface area (Å²) < 4.78 is 5.95. The van der Waals surface area contributed by atoms with Crippen molar-refractivity contribution in [3.05, 3.63) is 59.8 Å². The molecule has 0 atom stereocenters. The van der Waals surface area contributed by atoms with Gasteiger partial charge in [-0.1, -0.05) is 17.7 Å². The van der Waals surface area contributed by atoms with Crippen LogP contribution in [0.25, 0.3) is 10.9 Å². The molecule has 3 nitrogen and oxygen atoms in total. The highest BCUT2D eigenvalue weighted by Gasteiger charge is 2.08. The summed E-state index contributed by atoms with van der Waals surface area (Å²) in [6.45, 7) is 4.09. The van der Waals surface area contributed by atoms with E-state index in [0.717, 1.165) is 22.2 Å². The first-order chi connectivity index (χ1) is 9.65. The second kappa shape index (κ2) is 4.85. The molecule has 0 radical (unpaired) electrons. The lowest BCUT2D eigenvalue weighted by atomic mass is 10.1. The molecule has 1 aromatic heterocycles. The molecular formula is C17H16N2O. The number of benzene rings is 2. The minimum absolute atomic E-state index is 0.621. The summed E-state index contributed by atoms with van der Waals surface area (Å²) in [6, 6.07) is 13.7. The van der Waals surface area contributed by atoms with Crippen molar-refractivity contribution in [3.63, 3.8) is 0 Å². The molecule has 0 amide bonds. The Morgan fingerprint density at radius 2 is 1.80 bits per heavy atom. The molecule has 2 aromatic carbocycles. The number of nitrogens with zero attached hydrogens (tertiary/aromatic N) is 1. The van der Waals surface area contributed by atoms with Gasteiger partial charge in [0.25, 0.3) is 0 Å². The zero-order chi connectivity index (χ0) is 14.1. The van der Waals surface area contributed by atoms with Crippen LogP contribution in [0.3, 0.4) is 0 Å². The highest BCUT2D eigenvalue weighted by molar-refractivity contribution is 5.93. The normalized spacial score (nSPS) is 10.7. The lowest BCUT2D eigenvalue weighted by Crippen LogP contribution is -1.95. The summed E-state index contributed by atoms with van der Waals surface area (Å²) in [7, 11) is 0. The number of ether oxygens (including phenoxy) is 1. The van der Waals surface area contributed by atoms with Crippen LogP contribution in [-0.2, 0) is 0 Å². The Balaban J connectivity index is 2.04. The van der Waals surface area contributed by atoms with Gasteiger partial charge in [-0.2, -0.15) is 0 Å². The number of pyridine rings is 1. The Morgan fingerprint density at radius 3 is 2.60 bits per heavy atom. The molecule has 100 valence electrons. The third kappa shape index (κ3) is 2.18. The number of hydrogen-bond acceptors (Lipinski definition) is 3.